The van der Waals surface area contributed by atoms with Crippen molar-refractivity contribution in [2.24, 2.45) is 12.0 Å². The molecular weight excluding hydrogens is 528 g/mol. The van der Waals surface area contributed by atoms with E-state index in [0.29, 0.717) is 40.9 Å². The van der Waals surface area contributed by atoms with Crippen LogP contribution in [0.15, 0.2) is 35.3 Å². The second-order valence-electron chi connectivity index (χ2n) is 5.95. The summed E-state index contributed by atoms with van der Waals surface area (Å²) in [6.45, 7) is 0.966. The number of halogens is 3. The van der Waals surface area contributed by atoms with Gasteiger partial charge >= 0.3 is 0 Å². The molecule has 3 N–H and O–H groups in total. The number of ether oxygens (including phenoxy) is 1. The molecule has 2 heterocycles. The molecule has 3 aromatic rings. The van der Waals surface area contributed by atoms with E-state index in [-0.39, 0.29) is 24.0 Å². The third-order valence-electron chi connectivity index (χ3n) is 4.18. The zero-order valence-corrected chi connectivity index (χ0v) is 20.0. The summed E-state index contributed by atoms with van der Waals surface area (Å²) in [6.07, 6.45) is 0. The number of nitrogens with zero attached hydrogens (tertiary/aromatic N) is 4. The third-order valence-corrected chi connectivity index (χ3v) is 5.02. The van der Waals surface area contributed by atoms with Crippen LogP contribution < -0.4 is 15.4 Å². The van der Waals surface area contributed by atoms with Crippen molar-refractivity contribution in [1.29, 1.82) is 0 Å². The van der Waals surface area contributed by atoms with Crippen LogP contribution in [-0.4, -0.2) is 39.9 Å². The molecule has 0 bridgehead atoms. The molecule has 8 nitrogen and oxygen atoms in total. The second kappa shape index (κ2) is 10.7. The monoisotopic (exact) mass is 549 g/mol. The number of guanidine groups is 1. The predicted octanol–water partition coefficient (Wildman–Crippen LogP) is 3.61. The van der Waals surface area contributed by atoms with Gasteiger partial charge in [-0.05, 0) is 30.3 Å². The minimum absolute atomic E-state index is 0. The van der Waals surface area contributed by atoms with Gasteiger partial charge in [-0.3, -0.25) is 10.1 Å². The summed E-state index contributed by atoms with van der Waals surface area (Å²) in [5.74, 6) is 2.72. The van der Waals surface area contributed by atoms with Crippen LogP contribution in [0.3, 0.4) is 0 Å². The van der Waals surface area contributed by atoms with E-state index >= 15 is 0 Å². The lowest BCUT2D eigenvalue weighted by molar-refractivity contribution is 0.415. The van der Waals surface area contributed by atoms with E-state index in [4.69, 9.17) is 27.9 Å². The first-order chi connectivity index (χ1) is 13.5. The van der Waals surface area contributed by atoms with Crippen LogP contribution in [-0.2, 0) is 20.1 Å². The Balaban J connectivity index is 0.00000300. The number of rotatable bonds is 6. The highest BCUT2D eigenvalue weighted by Gasteiger charge is 2.10. The lowest BCUT2D eigenvalue weighted by Gasteiger charge is -2.11. The average Bonchev–Trinajstić information content (AvgIpc) is 3.29. The first-order valence-corrected chi connectivity index (χ1v) is 9.27. The molecule has 0 saturated carbocycles. The van der Waals surface area contributed by atoms with Crippen LogP contribution in [0.4, 0.5) is 0 Å². The molecule has 0 fully saturated rings. The number of hydrogen-bond acceptors (Lipinski definition) is 4. The summed E-state index contributed by atoms with van der Waals surface area (Å²) in [7, 11) is 5.19. The average molecular weight is 550 g/mol. The van der Waals surface area contributed by atoms with Crippen LogP contribution in [0.25, 0.3) is 11.4 Å². The molecule has 0 aliphatic carbocycles. The smallest absolute Gasteiger partial charge is 0.191 e. The van der Waals surface area contributed by atoms with E-state index < -0.39 is 0 Å². The quantitative estimate of drug-likeness (QED) is 0.248. The number of methoxy groups -OCH3 is 1. The van der Waals surface area contributed by atoms with Gasteiger partial charge in [0.15, 0.2) is 11.8 Å². The fourth-order valence-corrected chi connectivity index (χ4v) is 2.98. The van der Waals surface area contributed by atoms with Crippen LogP contribution in [0, 0.1) is 0 Å². The SMILES string of the molecule is CN=C(NCc1nc(-c2ccc(OC)cc2)n[nH]1)NCc1cc(Cl)c(Cl)n1C.I. The zero-order valence-electron chi connectivity index (χ0n) is 16.2. The predicted molar refractivity (Wildman–Crippen MR) is 126 cm³/mol. The lowest BCUT2D eigenvalue weighted by atomic mass is 10.2. The highest BCUT2D eigenvalue weighted by molar-refractivity contribution is 14.0. The minimum atomic E-state index is 0. The van der Waals surface area contributed by atoms with Crippen molar-refractivity contribution in [3.8, 4) is 17.1 Å². The van der Waals surface area contributed by atoms with Crippen molar-refractivity contribution in [3.63, 3.8) is 0 Å². The first-order valence-electron chi connectivity index (χ1n) is 8.51. The molecule has 156 valence electrons. The summed E-state index contributed by atoms with van der Waals surface area (Å²) in [5.41, 5.74) is 1.85. The van der Waals surface area contributed by atoms with Crippen LogP contribution in [0.2, 0.25) is 10.2 Å². The van der Waals surface area contributed by atoms with Gasteiger partial charge < -0.3 is 19.9 Å². The number of H-pyrrole nitrogens is 1. The number of nitrogens with one attached hydrogen (secondary N) is 3. The van der Waals surface area contributed by atoms with E-state index in [1.54, 1.807) is 14.2 Å². The number of aliphatic imine (C=N–C) groups is 1. The summed E-state index contributed by atoms with van der Waals surface area (Å²) < 4.78 is 6.98. The van der Waals surface area contributed by atoms with Crippen molar-refractivity contribution in [2.75, 3.05) is 14.2 Å². The van der Waals surface area contributed by atoms with Gasteiger partial charge in [0.25, 0.3) is 0 Å². The first kappa shape index (κ1) is 23.3. The number of benzene rings is 1. The molecule has 11 heteroatoms. The molecule has 0 atom stereocenters. The second-order valence-corrected chi connectivity index (χ2v) is 6.71. The topological polar surface area (TPSA) is 92.2 Å². The van der Waals surface area contributed by atoms with Gasteiger partial charge in [-0.15, -0.1) is 24.0 Å². The maximum atomic E-state index is 6.09. The maximum Gasteiger partial charge on any atom is 0.191 e. The molecule has 0 saturated heterocycles. The molecule has 0 spiro atoms. The van der Waals surface area contributed by atoms with E-state index in [1.807, 2.05) is 41.9 Å². The summed E-state index contributed by atoms with van der Waals surface area (Å²) in [4.78, 5) is 8.70. The van der Waals surface area contributed by atoms with Gasteiger partial charge in [0.2, 0.25) is 0 Å². The van der Waals surface area contributed by atoms with Gasteiger partial charge in [-0.2, -0.15) is 5.10 Å². The van der Waals surface area contributed by atoms with Crippen LogP contribution in [0.1, 0.15) is 11.5 Å². The Hall–Kier alpha value is -1.98. The Morgan fingerprint density at radius 2 is 1.90 bits per heavy atom. The Kier molecular flexibility index (Phi) is 8.60. The number of hydrogen-bond donors (Lipinski definition) is 3. The van der Waals surface area contributed by atoms with Crippen molar-refractivity contribution in [1.82, 2.24) is 30.4 Å². The van der Waals surface area contributed by atoms with Gasteiger partial charge in [0, 0.05) is 25.4 Å². The van der Waals surface area contributed by atoms with E-state index in [2.05, 4.69) is 30.8 Å². The maximum absolute atomic E-state index is 6.09. The van der Waals surface area contributed by atoms with Gasteiger partial charge in [-0.25, -0.2) is 4.98 Å². The highest BCUT2D eigenvalue weighted by Crippen LogP contribution is 2.25. The van der Waals surface area contributed by atoms with Gasteiger partial charge in [-0.1, -0.05) is 23.2 Å². The standard InChI is InChI=1S/C18H21Cl2N7O.HI/c1-21-18(22-9-12-8-14(19)16(20)27(12)2)23-10-15-24-17(26-25-15)11-4-6-13(28-3)7-5-11;/h4-8H,9-10H2,1-3H3,(H2,21,22,23)(H,24,25,26);1H. The summed E-state index contributed by atoms with van der Waals surface area (Å²) >= 11 is 12.1. The molecule has 2 aromatic heterocycles. The van der Waals surface area contributed by atoms with Crippen LogP contribution in [0.5, 0.6) is 5.75 Å². The van der Waals surface area contributed by atoms with Crippen molar-refractivity contribution >= 4 is 53.1 Å². The molecule has 0 radical (unpaired) electrons. The summed E-state index contributed by atoms with van der Waals surface area (Å²) in [6, 6.07) is 9.39. The lowest BCUT2D eigenvalue weighted by Crippen LogP contribution is -2.37. The Morgan fingerprint density at radius 3 is 2.48 bits per heavy atom. The Morgan fingerprint density at radius 1 is 1.21 bits per heavy atom. The molecule has 0 aliphatic rings. The number of aromatic nitrogens is 4. The molecule has 1 aromatic carbocycles. The fraction of sp³-hybridized carbons (Fsp3) is 0.278. The molecular formula is C18H22Cl2IN7O. The van der Waals surface area contributed by atoms with Gasteiger partial charge in [0.05, 0.1) is 25.2 Å². The Bertz CT molecular complexity index is 969. The molecule has 0 aliphatic heterocycles. The van der Waals surface area contributed by atoms with E-state index in [9.17, 15) is 0 Å². The zero-order chi connectivity index (χ0) is 20.1. The largest absolute Gasteiger partial charge is 0.497 e. The fourth-order valence-electron chi connectivity index (χ4n) is 2.56. The molecule has 29 heavy (non-hydrogen) atoms. The van der Waals surface area contributed by atoms with Crippen molar-refractivity contribution < 1.29 is 4.74 Å². The summed E-state index contributed by atoms with van der Waals surface area (Å²) in [5, 5.41) is 14.6. The number of aromatic amines is 1. The molecule has 3 rings (SSSR count). The Labute approximate surface area is 196 Å². The molecule has 0 amide bonds. The van der Waals surface area contributed by atoms with Crippen molar-refractivity contribution in [2.45, 2.75) is 13.1 Å². The highest BCUT2D eigenvalue weighted by atomic mass is 127. The van der Waals surface area contributed by atoms with Crippen molar-refractivity contribution in [3.05, 3.63) is 52.0 Å². The van der Waals surface area contributed by atoms with Crippen LogP contribution >= 0.6 is 47.2 Å². The van der Waals surface area contributed by atoms with E-state index in [1.165, 1.54) is 0 Å². The normalized spacial score (nSPS) is 11.1. The van der Waals surface area contributed by atoms with Gasteiger partial charge in [0.1, 0.15) is 16.7 Å². The molecule has 0 unspecified atom stereocenters. The minimum Gasteiger partial charge on any atom is -0.497 e. The third kappa shape index (κ3) is 5.77. The van der Waals surface area contributed by atoms with E-state index in [0.717, 1.165) is 17.0 Å².